The summed E-state index contributed by atoms with van der Waals surface area (Å²) >= 11 is 0. The lowest BCUT2D eigenvalue weighted by Gasteiger charge is -2.36. The highest BCUT2D eigenvalue weighted by Gasteiger charge is 2.59. The Balaban J connectivity index is 0.724. The molecule has 18 aromatic carbocycles. The van der Waals surface area contributed by atoms with E-state index in [-0.39, 0.29) is 11.8 Å². The number of benzene rings is 18. The molecule has 506 valence electrons. The molecular formula is C106H58O4. The average Bonchev–Trinajstić information content (AvgIpc) is 1.49. The van der Waals surface area contributed by atoms with Crippen LogP contribution in [0.3, 0.4) is 0 Å². The standard InChI is InChI=1S/C106H58O4/c1-7-25-85-75(19-1)103-77-23-13-21-73-84-56-92-104(76-20-2-8-26-86(76)106(92)89-53-63(59-37-45-99-81(49-59)71-17-5-11-29-95(71)109-99)33-41-67(89)68-42-34-64(54-90(68)106)60-38-46-100-82(50-60)72-18-6-12-30-96(72)110-100)78-24-14-22-74(102(78)84)83(101(73)77)55-91(103)105(85)87-51-61(57-35-43-97-79(47-57)69-15-3-9-27-93(69)107-97)31-39-65(87)66-40-32-62(52-88(66)105)58-36-44-98-80(48-58)70-16-4-10-28-94(70)108-98/h1-56,75,85H. The van der Waals surface area contributed by atoms with Gasteiger partial charge in [-0.05, 0) is 275 Å². The van der Waals surface area contributed by atoms with Gasteiger partial charge in [0.2, 0.25) is 0 Å². The van der Waals surface area contributed by atoms with Gasteiger partial charge in [-0.3, -0.25) is 0 Å². The molecule has 0 bridgehead atoms. The third kappa shape index (κ3) is 7.19. The summed E-state index contributed by atoms with van der Waals surface area (Å²) in [5.74, 6) is 0.0902. The van der Waals surface area contributed by atoms with Crippen molar-refractivity contribution >= 4 is 131 Å². The van der Waals surface area contributed by atoms with Crippen LogP contribution in [0.5, 0.6) is 0 Å². The van der Waals surface area contributed by atoms with E-state index in [4.69, 9.17) is 17.7 Å². The van der Waals surface area contributed by atoms with Gasteiger partial charge in [-0.25, -0.2) is 0 Å². The molecule has 2 atom stereocenters. The molecule has 0 fully saturated rings. The van der Waals surface area contributed by atoms with Crippen LogP contribution in [0.2, 0.25) is 0 Å². The maximum Gasteiger partial charge on any atom is 0.135 e. The van der Waals surface area contributed by atoms with Crippen LogP contribution in [0.15, 0.2) is 357 Å². The molecule has 4 heterocycles. The molecule has 2 spiro atoms. The number of hydrogen-bond donors (Lipinski definition) is 0. The van der Waals surface area contributed by atoms with Gasteiger partial charge in [0.1, 0.15) is 44.7 Å². The van der Waals surface area contributed by atoms with E-state index in [9.17, 15) is 0 Å². The van der Waals surface area contributed by atoms with Gasteiger partial charge in [-0.1, -0.05) is 231 Å². The SMILES string of the molecule is C1=CC2c3c(cc4c5cccc6c7c(cc(c8cccc3c84)c65)C3(c4cc(-c5ccc6oc8ccccc8c6c5)ccc4-c4ccc(-c5ccc6oc8ccccc8c6c5)cc43)c3ccccc3-7)C3(c4cc(-c5ccc6oc7ccccc7c6c5)ccc4-c4ccc(-c5ccc6oc7ccccc7c6c5)cc43)C2C=C1. The van der Waals surface area contributed by atoms with Gasteiger partial charge in [-0.2, -0.15) is 0 Å². The van der Waals surface area contributed by atoms with Crippen LogP contribution in [0.1, 0.15) is 50.4 Å². The summed E-state index contributed by atoms with van der Waals surface area (Å²) < 4.78 is 25.9. The summed E-state index contributed by atoms with van der Waals surface area (Å²) in [6.07, 6.45) is 9.74. The lowest BCUT2D eigenvalue weighted by Crippen LogP contribution is -2.33. The fraction of sp³-hybridized carbons (Fsp3) is 0.0377. The first-order valence-electron chi connectivity index (χ1n) is 38.4. The minimum atomic E-state index is -0.732. The molecule has 0 saturated carbocycles. The van der Waals surface area contributed by atoms with Crippen molar-refractivity contribution in [1.82, 2.24) is 0 Å². The van der Waals surface area contributed by atoms with E-state index in [1.807, 2.05) is 0 Å². The first-order chi connectivity index (χ1) is 54.5. The van der Waals surface area contributed by atoms with E-state index in [1.165, 1.54) is 143 Å². The fourth-order valence-corrected chi connectivity index (χ4v) is 22.0. The van der Waals surface area contributed by atoms with Crippen LogP contribution in [-0.2, 0) is 10.8 Å². The summed E-state index contributed by atoms with van der Waals surface area (Å²) in [7, 11) is 0. The molecule has 2 unspecified atom stereocenters. The topological polar surface area (TPSA) is 52.6 Å². The van der Waals surface area contributed by atoms with Gasteiger partial charge in [0.15, 0.2) is 0 Å². The molecule has 4 heteroatoms. The molecule has 22 aromatic rings. The summed E-state index contributed by atoms with van der Waals surface area (Å²) in [4.78, 5) is 0. The monoisotopic (exact) mass is 1390 g/mol. The highest BCUT2D eigenvalue weighted by Crippen LogP contribution is 2.70. The highest BCUT2D eigenvalue weighted by atomic mass is 16.3. The van der Waals surface area contributed by atoms with Crippen molar-refractivity contribution in [2.75, 3.05) is 0 Å². The molecule has 0 N–H and O–H groups in total. The second kappa shape index (κ2) is 20.5. The highest BCUT2D eigenvalue weighted by molar-refractivity contribution is 6.36. The molecule has 0 saturated heterocycles. The smallest absolute Gasteiger partial charge is 0.135 e. The minimum absolute atomic E-state index is 0.0361. The van der Waals surface area contributed by atoms with E-state index >= 15 is 0 Å². The number of furan rings is 4. The molecule has 5 aliphatic rings. The summed E-state index contributed by atoms with van der Waals surface area (Å²) in [5.41, 5.74) is 33.5. The van der Waals surface area contributed by atoms with Crippen LogP contribution in [0.4, 0.5) is 0 Å². The third-order valence-electron chi connectivity index (χ3n) is 26.5. The number of para-hydroxylation sites is 4. The van der Waals surface area contributed by atoms with Crippen LogP contribution in [0, 0.1) is 5.92 Å². The molecule has 4 aromatic heterocycles. The maximum absolute atomic E-state index is 6.47. The van der Waals surface area contributed by atoms with Gasteiger partial charge in [-0.15, -0.1) is 0 Å². The normalized spacial score (nSPS) is 15.9. The van der Waals surface area contributed by atoms with E-state index in [0.717, 1.165) is 110 Å². The van der Waals surface area contributed by atoms with Crippen molar-refractivity contribution in [1.29, 1.82) is 0 Å². The van der Waals surface area contributed by atoms with Gasteiger partial charge < -0.3 is 17.7 Å². The first kappa shape index (κ1) is 58.2. The zero-order valence-electron chi connectivity index (χ0n) is 59.1. The van der Waals surface area contributed by atoms with Crippen LogP contribution < -0.4 is 0 Å². The maximum atomic E-state index is 6.47. The molecule has 110 heavy (non-hydrogen) atoms. The van der Waals surface area contributed by atoms with Crippen molar-refractivity contribution < 1.29 is 17.7 Å². The Morgan fingerprint density at radius 3 is 1.03 bits per heavy atom. The van der Waals surface area contributed by atoms with Crippen molar-refractivity contribution in [2.24, 2.45) is 5.92 Å². The Morgan fingerprint density at radius 1 is 0.209 bits per heavy atom. The zero-order valence-corrected chi connectivity index (χ0v) is 59.1. The second-order valence-corrected chi connectivity index (χ2v) is 31.4. The van der Waals surface area contributed by atoms with Gasteiger partial charge in [0.25, 0.3) is 0 Å². The molecule has 0 amide bonds. The van der Waals surface area contributed by atoms with E-state index in [2.05, 4.69) is 340 Å². The average molecular weight is 1400 g/mol. The van der Waals surface area contributed by atoms with E-state index in [1.54, 1.807) is 0 Å². The zero-order chi connectivity index (χ0) is 71.1. The number of rotatable bonds is 4. The van der Waals surface area contributed by atoms with Crippen molar-refractivity contribution in [2.45, 2.75) is 16.7 Å². The van der Waals surface area contributed by atoms with Crippen molar-refractivity contribution in [3.05, 3.63) is 384 Å². The molecule has 4 nitrogen and oxygen atoms in total. The number of fused-ring (bicyclic) bond motifs is 36. The van der Waals surface area contributed by atoms with Crippen LogP contribution >= 0.6 is 0 Å². The van der Waals surface area contributed by atoms with Crippen LogP contribution in [0.25, 0.3) is 209 Å². The molecule has 27 rings (SSSR count). The second-order valence-electron chi connectivity index (χ2n) is 31.4. The quantitative estimate of drug-likeness (QED) is 0.130. The van der Waals surface area contributed by atoms with E-state index < -0.39 is 10.8 Å². The third-order valence-corrected chi connectivity index (χ3v) is 26.5. The number of allylic oxidation sites excluding steroid dienone is 4. The van der Waals surface area contributed by atoms with Crippen molar-refractivity contribution in [3.8, 4) is 77.9 Å². The van der Waals surface area contributed by atoms with Gasteiger partial charge in [0, 0.05) is 54.9 Å². The van der Waals surface area contributed by atoms with Gasteiger partial charge in [0.05, 0.1) is 10.8 Å². The lowest BCUT2D eigenvalue weighted by atomic mass is 9.65. The van der Waals surface area contributed by atoms with Crippen molar-refractivity contribution in [3.63, 3.8) is 0 Å². The Labute approximate surface area is 629 Å². The largest absolute Gasteiger partial charge is 0.456 e. The molecule has 0 aliphatic heterocycles. The van der Waals surface area contributed by atoms with Crippen LogP contribution in [-0.4, -0.2) is 0 Å². The predicted octanol–water partition coefficient (Wildman–Crippen LogP) is 28.5. The minimum Gasteiger partial charge on any atom is -0.456 e. The molecule has 5 aliphatic carbocycles. The Morgan fingerprint density at radius 2 is 0.555 bits per heavy atom. The number of hydrogen-bond acceptors (Lipinski definition) is 4. The summed E-state index contributed by atoms with van der Waals surface area (Å²) in [6, 6.07) is 119. The molecular weight excluding hydrogens is 1340 g/mol. The van der Waals surface area contributed by atoms with E-state index in [0.29, 0.717) is 0 Å². The lowest BCUT2D eigenvalue weighted by molar-refractivity contribution is 0.466. The predicted molar refractivity (Wildman–Crippen MR) is 451 cm³/mol. The first-order valence-corrected chi connectivity index (χ1v) is 38.4. The Hall–Kier alpha value is -14.1. The summed E-state index contributed by atoms with van der Waals surface area (Å²) in [6.45, 7) is 0. The Kier molecular flexibility index (Phi) is 10.9. The Bertz CT molecular complexity index is 7750. The fourth-order valence-electron chi connectivity index (χ4n) is 22.0. The summed E-state index contributed by atoms with van der Waals surface area (Å²) in [5, 5.41) is 19.3. The molecule has 0 radical (unpaired) electrons. The van der Waals surface area contributed by atoms with Gasteiger partial charge >= 0.3 is 0 Å².